The highest BCUT2D eigenvalue weighted by atomic mass is 35.5. The number of thiazole rings is 1. The molecule has 170 valence electrons. The number of fused-ring (bicyclic) bond motifs is 1. The monoisotopic (exact) mass is 491 g/mol. The molecule has 32 heavy (non-hydrogen) atoms. The first-order valence-corrected chi connectivity index (χ1v) is 13.5. The van der Waals surface area contributed by atoms with E-state index in [1.807, 2.05) is 12.1 Å². The van der Waals surface area contributed by atoms with Crippen LogP contribution in [0.5, 0.6) is 0 Å². The predicted octanol–water partition coefficient (Wildman–Crippen LogP) is 3.36. The third kappa shape index (κ3) is 4.01. The summed E-state index contributed by atoms with van der Waals surface area (Å²) in [6.07, 6.45) is 7.96. The van der Waals surface area contributed by atoms with Gasteiger partial charge in [-0.15, -0.1) is 11.3 Å². The van der Waals surface area contributed by atoms with E-state index >= 15 is 0 Å². The SMILES string of the molecule is Cn1cnc(S(=O)(=O)NCCc2nc3c(s2)CCNC3C2(c3ccc(Cl)cc3)CCC2)c1. The van der Waals surface area contributed by atoms with Crippen LogP contribution in [-0.2, 0) is 35.3 Å². The summed E-state index contributed by atoms with van der Waals surface area (Å²) in [5, 5.41) is 5.50. The van der Waals surface area contributed by atoms with Gasteiger partial charge in [0.05, 0.1) is 23.1 Å². The van der Waals surface area contributed by atoms with Gasteiger partial charge >= 0.3 is 0 Å². The summed E-state index contributed by atoms with van der Waals surface area (Å²) >= 11 is 7.84. The number of hydrogen-bond donors (Lipinski definition) is 2. The molecule has 3 aromatic rings. The van der Waals surface area contributed by atoms with Crippen molar-refractivity contribution in [2.75, 3.05) is 13.1 Å². The van der Waals surface area contributed by atoms with E-state index in [-0.39, 0.29) is 16.5 Å². The molecule has 1 fully saturated rings. The first-order valence-electron chi connectivity index (χ1n) is 10.8. The molecule has 1 saturated carbocycles. The van der Waals surface area contributed by atoms with Gasteiger partial charge in [-0.05, 0) is 37.0 Å². The molecule has 1 unspecified atom stereocenters. The number of aryl methyl sites for hydroxylation is 1. The Morgan fingerprint density at radius 3 is 2.75 bits per heavy atom. The fraction of sp³-hybridized carbons (Fsp3) is 0.455. The van der Waals surface area contributed by atoms with E-state index < -0.39 is 10.0 Å². The number of nitrogens with one attached hydrogen (secondary N) is 2. The van der Waals surface area contributed by atoms with Crippen LogP contribution in [0.4, 0.5) is 0 Å². The van der Waals surface area contributed by atoms with Crippen LogP contribution in [0.15, 0.2) is 41.8 Å². The highest BCUT2D eigenvalue weighted by Gasteiger charge is 2.48. The third-order valence-corrected chi connectivity index (χ3v) is 9.34. The Morgan fingerprint density at radius 2 is 2.09 bits per heavy atom. The van der Waals surface area contributed by atoms with Gasteiger partial charge in [0, 0.05) is 48.1 Å². The maximum absolute atomic E-state index is 12.4. The highest BCUT2D eigenvalue weighted by Crippen LogP contribution is 2.53. The molecule has 5 rings (SSSR count). The Balaban J connectivity index is 1.33. The molecular formula is C22H26ClN5O2S2. The van der Waals surface area contributed by atoms with E-state index in [2.05, 4.69) is 27.2 Å². The summed E-state index contributed by atoms with van der Waals surface area (Å²) in [4.78, 5) is 10.2. The lowest BCUT2D eigenvalue weighted by Crippen LogP contribution is -2.49. The zero-order valence-electron chi connectivity index (χ0n) is 17.8. The number of sulfonamides is 1. The van der Waals surface area contributed by atoms with Crippen molar-refractivity contribution >= 4 is 33.0 Å². The lowest BCUT2D eigenvalue weighted by atomic mass is 9.59. The smallest absolute Gasteiger partial charge is 0.259 e. The van der Waals surface area contributed by atoms with Crippen molar-refractivity contribution in [3.63, 3.8) is 0 Å². The van der Waals surface area contributed by atoms with Gasteiger partial charge in [-0.2, -0.15) is 0 Å². The largest absolute Gasteiger partial charge is 0.339 e. The van der Waals surface area contributed by atoms with E-state index in [1.54, 1.807) is 23.0 Å². The van der Waals surface area contributed by atoms with Crippen LogP contribution in [0.2, 0.25) is 5.02 Å². The van der Waals surface area contributed by atoms with Crippen molar-refractivity contribution in [3.05, 3.63) is 63.0 Å². The number of hydrogen-bond acceptors (Lipinski definition) is 6. The topological polar surface area (TPSA) is 88.9 Å². The molecule has 7 nitrogen and oxygen atoms in total. The van der Waals surface area contributed by atoms with Crippen LogP contribution < -0.4 is 10.0 Å². The average molecular weight is 492 g/mol. The molecule has 0 amide bonds. The predicted molar refractivity (Wildman–Crippen MR) is 126 cm³/mol. The zero-order valence-corrected chi connectivity index (χ0v) is 20.2. The number of nitrogens with zero attached hydrogens (tertiary/aromatic N) is 3. The Morgan fingerprint density at radius 1 is 1.31 bits per heavy atom. The molecule has 1 aliphatic carbocycles. The van der Waals surface area contributed by atoms with Crippen LogP contribution in [0.25, 0.3) is 0 Å². The molecule has 2 aromatic heterocycles. The number of benzene rings is 1. The van der Waals surface area contributed by atoms with Gasteiger partial charge in [-0.1, -0.05) is 30.2 Å². The van der Waals surface area contributed by atoms with Gasteiger partial charge in [0.2, 0.25) is 0 Å². The van der Waals surface area contributed by atoms with Crippen molar-refractivity contribution in [1.29, 1.82) is 0 Å². The van der Waals surface area contributed by atoms with E-state index in [1.165, 1.54) is 29.4 Å². The van der Waals surface area contributed by atoms with E-state index in [9.17, 15) is 8.42 Å². The normalized spacial score (nSPS) is 20.0. The van der Waals surface area contributed by atoms with Crippen molar-refractivity contribution in [2.24, 2.45) is 7.05 Å². The Bertz CT molecular complexity index is 1220. The van der Waals surface area contributed by atoms with Gasteiger partial charge < -0.3 is 9.88 Å². The van der Waals surface area contributed by atoms with Crippen LogP contribution in [0.3, 0.4) is 0 Å². The molecule has 1 aliphatic heterocycles. The summed E-state index contributed by atoms with van der Waals surface area (Å²) < 4.78 is 29.1. The summed E-state index contributed by atoms with van der Waals surface area (Å²) in [5.74, 6) is 0. The molecule has 1 atom stereocenters. The van der Waals surface area contributed by atoms with E-state index in [4.69, 9.17) is 16.6 Å². The minimum Gasteiger partial charge on any atom is -0.339 e. The van der Waals surface area contributed by atoms with Gasteiger partial charge in [-0.25, -0.2) is 23.1 Å². The van der Waals surface area contributed by atoms with Crippen molar-refractivity contribution in [2.45, 2.75) is 48.6 Å². The van der Waals surface area contributed by atoms with Crippen LogP contribution in [0.1, 0.15) is 46.4 Å². The number of imidazole rings is 1. The minimum absolute atomic E-state index is 0.0394. The van der Waals surface area contributed by atoms with E-state index in [0.717, 1.165) is 41.5 Å². The van der Waals surface area contributed by atoms with Crippen LogP contribution >= 0.6 is 22.9 Å². The molecule has 0 saturated heterocycles. The number of halogens is 1. The minimum atomic E-state index is -3.61. The van der Waals surface area contributed by atoms with Gasteiger partial charge in [0.25, 0.3) is 10.0 Å². The Hall–Kier alpha value is -1.78. The van der Waals surface area contributed by atoms with Gasteiger partial charge in [-0.3, -0.25) is 0 Å². The molecule has 3 heterocycles. The van der Waals surface area contributed by atoms with Crippen molar-refractivity contribution in [1.82, 2.24) is 24.6 Å². The molecule has 2 aliphatic rings. The lowest BCUT2D eigenvalue weighted by Gasteiger charge is -2.49. The zero-order chi connectivity index (χ0) is 22.3. The third-order valence-electron chi connectivity index (χ3n) is 6.55. The summed E-state index contributed by atoms with van der Waals surface area (Å²) in [5.41, 5.74) is 2.50. The van der Waals surface area contributed by atoms with E-state index in [0.29, 0.717) is 13.0 Å². The quantitative estimate of drug-likeness (QED) is 0.529. The Kier molecular flexibility index (Phi) is 5.88. The Labute approximate surface area is 197 Å². The van der Waals surface area contributed by atoms with Gasteiger partial charge in [0.1, 0.15) is 0 Å². The second kappa shape index (κ2) is 8.53. The summed E-state index contributed by atoms with van der Waals surface area (Å²) in [7, 11) is -1.86. The summed E-state index contributed by atoms with van der Waals surface area (Å²) in [6.45, 7) is 1.23. The molecular weight excluding hydrogens is 466 g/mol. The molecule has 0 bridgehead atoms. The lowest BCUT2D eigenvalue weighted by molar-refractivity contribution is 0.162. The maximum Gasteiger partial charge on any atom is 0.259 e. The van der Waals surface area contributed by atoms with Crippen molar-refractivity contribution in [3.8, 4) is 0 Å². The van der Waals surface area contributed by atoms with Crippen molar-refractivity contribution < 1.29 is 8.42 Å². The number of rotatable bonds is 7. The van der Waals surface area contributed by atoms with Crippen LogP contribution in [0, 0.1) is 0 Å². The standard InChI is InChI=1S/C22H26ClN5O2S2/c1-28-13-19(25-14-28)32(29,30)26-12-8-18-27-20-17(31-18)7-11-24-21(20)22(9-2-10-22)15-3-5-16(23)6-4-15/h3-6,13-14,21,24,26H,2,7-12H2,1H3. The molecule has 0 radical (unpaired) electrons. The molecule has 1 aromatic carbocycles. The first-order chi connectivity index (χ1) is 15.4. The van der Waals surface area contributed by atoms with Crippen LogP contribution in [-0.4, -0.2) is 36.0 Å². The second-order valence-electron chi connectivity index (χ2n) is 8.59. The fourth-order valence-corrected chi connectivity index (χ4v) is 7.03. The van der Waals surface area contributed by atoms with Gasteiger partial charge in [0.15, 0.2) is 5.03 Å². The molecule has 0 spiro atoms. The molecule has 2 N–H and O–H groups in total. The average Bonchev–Trinajstić information content (AvgIpc) is 3.35. The molecule has 10 heteroatoms. The summed E-state index contributed by atoms with van der Waals surface area (Å²) in [6, 6.07) is 8.42. The number of aromatic nitrogens is 3. The second-order valence-corrected chi connectivity index (χ2v) is 11.9. The maximum atomic E-state index is 12.4. The first kappa shape index (κ1) is 22.0. The fourth-order valence-electron chi connectivity index (χ4n) is 4.79. The highest BCUT2D eigenvalue weighted by molar-refractivity contribution is 7.89.